The molecule has 0 bridgehead atoms. The molecule has 2 fully saturated rings. The minimum atomic E-state index is -3.76. The van der Waals surface area contributed by atoms with Crippen molar-refractivity contribution < 1.29 is 22.7 Å². The lowest BCUT2D eigenvalue weighted by Gasteiger charge is -2.32. The van der Waals surface area contributed by atoms with Gasteiger partial charge in [0.05, 0.1) is 7.11 Å². The van der Waals surface area contributed by atoms with E-state index in [1.165, 1.54) is 11.4 Å². The summed E-state index contributed by atoms with van der Waals surface area (Å²) < 4.78 is 33.7. The number of amides is 2. The van der Waals surface area contributed by atoms with Crippen molar-refractivity contribution in [2.75, 3.05) is 58.7 Å². The molecule has 206 valence electrons. The van der Waals surface area contributed by atoms with Crippen LogP contribution in [0.25, 0.3) is 0 Å². The van der Waals surface area contributed by atoms with E-state index >= 15 is 0 Å². The number of nitrogens with one attached hydrogen (secondary N) is 1. The Hall–Kier alpha value is -2.95. The summed E-state index contributed by atoms with van der Waals surface area (Å²) in [6, 6.07) is 12.2. The molecule has 0 spiro atoms. The lowest BCUT2D eigenvalue weighted by Crippen LogP contribution is -2.47. The van der Waals surface area contributed by atoms with Crippen LogP contribution in [0.3, 0.4) is 0 Å². The van der Waals surface area contributed by atoms with Crippen LogP contribution in [-0.4, -0.2) is 87.8 Å². The predicted octanol–water partition coefficient (Wildman–Crippen LogP) is 3.25. The number of hydrogen-bond acceptors (Lipinski definition) is 6. The molecule has 0 aromatic heterocycles. The molecular formula is C28H38N4O5S. The van der Waals surface area contributed by atoms with Crippen molar-refractivity contribution in [3.05, 3.63) is 53.6 Å². The smallest absolute Gasteiger partial charge is 0.253 e. The van der Waals surface area contributed by atoms with E-state index in [1.807, 2.05) is 31.9 Å². The Kier molecular flexibility index (Phi) is 8.74. The van der Waals surface area contributed by atoms with Crippen molar-refractivity contribution in [3.63, 3.8) is 0 Å². The Morgan fingerprint density at radius 2 is 1.58 bits per heavy atom. The molecule has 0 aliphatic carbocycles. The average molecular weight is 543 g/mol. The van der Waals surface area contributed by atoms with Gasteiger partial charge in [-0.1, -0.05) is 19.9 Å². The molecule has 2 heterocycles. The van der Waals surface area contributed by atoms with Gasteiger partial charge in [-0.05, 0) is 67.8 Å². The zero-order valence-corrected chi connectivity index (χ0v) is 23.5. The minimum absolute atomic E-state index is 0.000110. The number of sulfonamides is 1. The number of piperidine rings is 1. The van der Waals surface area contributed by atoms with Crippen LogP contribution >= 0.6 is 0 Å². The highest BCUT2D eigenvalue weighted by molar-refractivity contribution is 7.89. The van der Waals surface area contributed by atoms with Gasteiger partial charge >= 0.3 is 0 Å². The minimum Gasteiger partial charge on any atom is -0.495 e. The second kappa shape index (κ2) is 11.8. The standard InChI is InChI=1S/C28H38N4O5S/c1-20(2)23-7-10-25(37-4)26(19-23)38(35,36)32-13-11-21(12-14-32)27(33)29-24-8-5-22(6-9-24)28(34)31-17-15-30(3)16-18-31/h5-10,19-21H,11-18H2,1-4H3,(H,29,33). The molecule has 0 atom stereocenters. The van der Waals surface area contributed by atoms with Gasteiger partial charge in [-0.25, -0.2) is 8.42 Å². The molecule has 2 aromatic carbocycles. The van der Waals surface area contributed by atoms with Gasteiger partial charge in [-0.2, -0.15) is 4.31 Å². The van der Waals surface area contributed by atoms with Gasteiger partial charge in [-0.15, -0.1) is 0 Å². The van der Waals surface area contributed by atoms with Crippen LogP contribution in [0.5, 0.6) is 5.75 Å². The predicted molar refractivity (Wildman–Crippen MR) is 147 cm³/mol. The summed E-state index contributed by atoms with van der Waals surface area (Å²) in [5.41, 5.74) is 2.15. The molecule has 0 radical (unpaired) electrons. The molecular weight excluding hydrogens is 504 g/mol. The molecule has 38 heavy (non-hydrogen) atoms. The zero-order chi connectivity index (χ0) is 27.4. The van der Waals surface area contributed by atoms with Crippen LogP contribution in [0.2, 0.25) is 0 Å². The Bertz CT molecular complexity index is 1250. The third kappa shape index (κ3) is 6.19. The van der Waals surface area contributed by atoms with Gasteiger partial charge in [0, 0.05) is 56.4 Å². The molecule has 2 aromatic rings. The number of piperazine rings is 1. The van der Waals surface area contributed by atoms with Gasteiger partial charge < -0.3 is 19.9 Å². The molecule has 10 heteroatoms. The van der Waals surface area contributed by atoms with Crippen molar-refractivity contribution >= 4 is 27.5 Å². The van der Waals surface area contributed by atoms with E-state index in [1.54, 1.807) is 36.4 Å². The van der Waals surface area contributed by atoms with E-state index in [9.17, 15) is 18.0 Å². The van der Waals surface area contributed by atoms with E-state index in [-0.39, 0.29) is 41.6 Å². The summed E-state index contributed by atoms with van der Waals surface area (Å²) in [6.07, 6.45) is 0.856. The first-order valence-corrected chi connectivity index (χ1v) is 14.6. The van der Waals surface area contributed by atoms with E-state index in [0.717, 1.165) is 18.7 Å². The van der Waals surface area contributed by atoms with Crippen LogP contribution < -0.4 is 10.1 Å². The Balaban J connectivity index is 1.34. The average Bonchev–Trinajstić information content (AvgIpc) is 2.93. The van der Waals surface area contributed by atoms with Crippen LogP contribution in [0, 0.1) is 5.92 Å². The number of likely N-dealkylation sites (N-methyl/N-ethyl adjacent to an activating group) is 1. The third-order valence-corrected chi connectivity index (χ3v) is 9.41. The van der Waals surface area contributed by atoms with Gasteiger partial charge in [0.2, 0.25) is 15.9 Å². The first-order chi connectivity index (χ1) is 18.1. The highest BCUT2D eigenvalue weighted by Crippen LogP contribution is 2.32. The Morgan fingerprint density at radius 3 is 2.16 bits per heavy atom. The SMILES string of the molecule is COc1ccc(C(C)C)cc1S(=O)(=O)N1CCC(C(=O)Nc2ccc(C(=O)N3CCN(C)CC3)cc2)CC1. The summed E-state index contributed by atoms with van der Waals surface area (Å²) in [5, 5.41) is 2.93. The maximum absolute atomic E-state index is 13.4. The molecule has 4 rings (SSSR count). The summed E-state index contributed by atoms with van der Waals surface area (Å²) >= 11 is 0. The molecule has 2 aliphatic rings. The van der Waals surface area contributed by atoms with Crippen molar-refractivity contribution in [1.82, 2.24) is 14.1 Å². The highest BCUT2D eigenvalue weighted by atomic mass is 32.2. The molecule has 9 nitrogen and oxygen atoms in total. The monoisotopic (exact) mass is 542 g/mol. The lowest BCUT2D eigenvalue weighted by atomic mass is 9.97. The number of anilines is 1. The lowest BCUT2D eigenvalue weighted by molar-refractivity contribution is -0.120. The first-order valence-electron chi connectivity index (χ1n) is 13.2. The van der Waals surface area contributed by atoms with Crippen molar-refractivity contribution in [2.45, 2.75) is 37.5 Å². The Morgan fingerprint density at radius 1 is 0.947 bits per heavy atom. The normalized spacial score (nSPS) is 18.0. The fraction of sp³-hybridized carbons (Fsp3) is 0.500. The summed E-state index contributed by atoms with van der Waals surface area (Å²) in [7, 11) is -0.243. The molecule has 1 N–H and O–H groups in total. The first kappa shape index (κ1) is 28.1. The number of nitrogens with zero attached hydrogens (tertiary/aromatic N) is 3. The summed E-state index contributed by atoms with van der Waals surface area (Å²) in [4.78, 5) is 29.9. The molecule has 2 amide bonds. The topological polar surface area (TPSA) is 99.3 Å². The fourth-order valence-electron chi connectivity index (χ4n) is 4.88. The highest BCUT2D eigenvalue weighted by Gasteiger charge is 2.34. The van der Waals surface area contributed by atoms with Gasteiger partial charge in [0.1, 0.15) is 10.6 Å². The van der Waals surface area contributed by atoms with Crippen LogP contribution in [-0.2, 0) is 14.8 Å². The summed E-state index contributed by atoms with van der Waals surface area (Å²) in [5.74, 6) is 0.0729. The van der Waals surface area contributed by atoms with Crippen LogP contribution in [0.4, 0.5) is 5.69 Å². The largest absolute Gasteiger partial charge is 0.495 e. The number of carbonyl (C=O) groups is 2. The zero-order valence-electron chi connectivity index (χ0n) is 22.6. The number of methoxy groups -OCH3 is 1. The molecule has 0 unspecified atom stereocenters. The fourth-order valence-corrected chi connectivity index (χ4v) is 6.54. The summed E-state index contributed by atoms with van der Waals surface area (Å²) in [6.45, 7) is 7.68. The van der Waals surface area contributed by atoms with E-state index in [4.69, 9.17) is 4.74 Å². The van der Waals surface area contributed by atoms with E-state index < -0.39 is 10.0 Å². The van der Waals surface area contributed by atoms with Gasteiger partial charge in [0.15, 0.2) is 0 Å². The van der Waals surface area contributed by atoms with Crippen LogP contribution in [0.1, 0.15) is 48.5 Å². The van der Waals surface area contributed by atoms with Gasteiger partial charge in [0.25, 0.3) is 5.91 Å². The third-order valence-electron chi connectivity index (χ3n) is 7.49. The molecule has 0 saturated carbocycles. The molecule has 2 saturated heterocycles. The second-order valence-electron chi connectivity index (χ2n) is 10.4. The maximum atomic E-state index is 13.4. The number of ether oxygens (including phenoxy) is 1. The van der Waals surface area contributed by atoms with Crippen molar-refractivity contribution in [1.29, 1.82) is 0 Å². The van der Waals surface area contributed by atoms with Crippen LogP contribution in [0.15, 0.2) is 47.4 Å². The number of benzene rings is 2. The van der Waals surface area contributed by atoms with E-state index in [0.29, 0.717) is 42.9 Å². The van der Waals surface area contributed by atoms with Crippen molar-refractivity contribution in [2.24, 2.45) is 5.92 Å². The second-order valence-corrected chi connectivity index (χ2v) is 12.3. The number of hydrogen-bond donors (Lipinski definition) is 1. The van der Waals surface area contributed by atoms with E-state index in [2.05, 4.69) is 10.2 Å². The quantitative estimate of drug-likeness (QED) is 0.577. The molecule has 2 aliphatic heterocycles. The Labute approximate surface area is 225 Å². The maximum Gasteiger partial charge on any atom is 0.253 e. The number of carbonyl (C=O) groups excluding carboxylic acids is 2. The van der Waals surface area contributed by atoms with Crippen molar-refractivity contribution in [3.8, 4) is 5.75 Å². The van der Waals surface area contributed by atoms with Gasteiger partial charge in [-0.3, -0.25) is 9.59 Å². The number of rotatable bonds is 7.